The molecule has 1 fully saturated rings. The molecular weight excluding hydrogens is 424 g/mol. The Balaban J connectivity index is 2.08. The van der Waals surface area contributed by atoms with Gasteiger partial charge in [0.05, 0.1) is 29.6 Å². The molecule has 1 aromatic carbocycles. The molecule has 1 aliphatic rings. The number of ether oxygens (including phenoxy) is 2. The molecule has 163 valence electrons. The third-order valence-corrected chi connectivity index (χ3v) is 5.82. The smallest absolute Gasteiger partial charge is 0.387 e. The number of nitrogens with two attached hydrogens (primary N) is 1. The molecule has 1 saturated heterocycles. The lowest BCUT2D eigenvalue weighted by Gasteiger charge is -2.31. The lowest BCUT2D eigenvalue weighted by molar-refractivity contribution is -0.119. The predicted molar refractivity (Wildman–Crippen MR) is 99.9 cm³/mol. The topological polar surface area (TPSA) is 149 Å². The number of alkyl halides is 2. The van der Waals surface area contributed by atoms with E-state index in [9.17, 15) is 32.0 Å². The second kappa shape index (κ2) is 9.82. The summed E-state index contributed by atoms with van der Waals surface area (Å²) in [6.07, 6.45) is 1.39. The van der Waals surface area contributed by atoms with Crippen molar-refractivity contribution < 1.29 is 36.3 Å². The molecule has 0 spiro atoms. The van der Waals surface area contributed by atoms with Gasteiger partial charge in [-0.2, -0.15) is 14.0 Å². The second-order valence-electron chi connectivity index (χ2n) is 6.59. The Labute approximate surface area is 172 Å². The highest BCUT2D eigenvalue weighted by molar-refractivity contribution is 7.90. The number of carbonyl (C=O) groups excluding carboxylic acids is 2. The van der Waals surface area contributed by atoms with E-state index in [1.165, 1.54) is 12.1 Å². The van der Waals surface area contributed by atoms with E-state index in [1.807, 2.05) is 6.07 Å². The van der Waals surface area contributed by atoms with Crippen molar-refractivity contribution in [2.45, 2.75) is 30.7 Å². The number of sulfone groups is 1. The number of nitrogens with one attached hydrogen (secondary N) is 1. The predicted octanol–water partition coefficient (Wildman–Crippen LogP) is 0.695. The summed E-state index contributed by atoms with van der Waals surface area (Å²) in [5.41, 5.74) is 3.41. The molecular formula is C18H20F2N3O6S. The van der Waals surface area contributed by atoms with Gasteiger partial charge in [-0.25, -0.2) is 8.42 Å². The molecule has 2 amide bonds. The molecule has 3 N–H and O–H groups in total. The summed E-state index contributed by atoms with van der Waals surface area (Å²) in [5.74, 6) is -3.92. The van der Waals surface area contributed by atoms with Crippen LogP contribution >= 0.6 is 0 Å². The van der Waals surface area contributed by atoms with Crippen LogP contribution in [0, 0.1) is 17.8 Å². The molecule has 12 heteroatoms. The number of para-hydroxylation sites is 1. The zero-order valence-electron chi connectivity index (χ0n) is 15.8. The summed E-state index contributed by atoms with van der Waals surface area (Å²) in [4.78, 5) is 23.6. The standard InChI is InChI=1S/C18H20F2N3O6S/c19-17(20)29-15-12(2-1-3-13(15)16(22)25)10-30(26,27)9-4-14(24)23-18(11-21)5-7-28-8-6-18/h1-4,17H,5-10H2,(H2,22,25)(H,23,24). The lowest BCUT2D eigenvalue weighted by Crippen LogP contribution is -2.51. The fraction of sp³-hybridized carbons (Fsp3) is 0.444. The summed E-state index contributed by atoms with van der Waals surface area (Å²) in [6, 6.07) is 5.63. The average Bonchev–Trinajstić information content (AvgIpc) is 2.68. The third kappa shape index (κ3) is 6.36. The first-order valence-corrected chi connectivity index (χ1v) is 10.6. The number of benzene rings is 1. The van der Waals surface area contributed by atoms with Crippen LogP contribution in [-0.4, -0.2) is 51.3 Å². The van der Waals surface area contributed by atoms with Gasteiger partial charge in [0.1, 0.15) is 11.3 Å². The minimum atomic E-state index is -4.00. The maximum absolute atomic E-state index is 12.7. The van der Waals surface area contributed by atoms with Crippen LogP contribution in [0.25, 0.3) is 0 Å². The molecule has 0 aliphatic carbocycles. The Kier molecular flexibility index (Phi) is 7.69. The van der Waals surface area contributed by atoms with Crippen LogP contribution < -0.4 is 15.8 Å². The van der Waals surface area contributed by atoms with Crippen molar-refractivity contribution in [3.63, 3.8) is 0 Å². The van der Waals surface area contributed by atoms with Gasteiger partial charge >= 0.3 is 6.61 Å². The number of primary amides is 1. The van der Waals surface area contributed by atoms with Gasteiger partial charge < -0.3 is 20.5 Å². The molecule has 2 rings (SSSR count). The van der Waals surface area contributed by atoms with E-state index in [4.69, 9.17) is 10.5 Å². The molecule has 1 radical (unpaired) electrons. The lowest BCUT2D eigenvalue weighted by atomic mass is 9.91. The molecule has 1 aliphatic heterocycles. The van der Waals surface area contributed by atoms with Gasteiger partial charge in [0.25, 0.3) is 5.91 Å². The number of hydrogen-bond acceptors (Lipinski definition) is 7. The number of rotatable bonds is 9. The summed E-state index contributed by atoms with van der Waals surface area (Å²) >= 11 is 0. The number of hydrogen-bond donors (Lipinski definition) is 2. The first kappa shape index (κ1) is 23.5. The van der Waals surface area contributed by atoms with Gasteiger partial charge in [0.15, 0.2) is 9.84 Å². The molecule has 0 atom stereocenters. The Bertz CT molecular complexity index is 940. The Hall–Kier alpha value is -2.78. The van der Waals surface area contributed by atoms with E-state index in [2.05, 4.69) is 10.1 Å². The van der Waals surface area contributed by atoms with E-state index < -0.39 is 51.1 Å². The fourth-order valence-electron chi connectivity index (χ4n) is 2.89. The van der Waals surface area contributed by atoms with Crippen molar-refractivity contribution in [3.8, 4) is 11.8 Å². The minimum Gasteiger partial charge on any atom is -0.434 e. The largest absolute Gasteiger partial charge is 0.434 e. The van der Waals surface area contributed by atoms with Crippen LogP contribution in [-0.2, 0) is 25.1 Å². The molecule has 0 aromatic heterocycles. The highest BCUT2D eigenvalue weighted by Gasteiger charge is 2.34. The quantitative estimate of drug-likeness (QED) is 0.569. The van der Waals surface area contributed by atoms with E-state index in [1.54, 1.807) is 0 Å². The van der Waals surface area contributed by atoms with E-state index in [-0.39, 0.29) is 37.2 Å². The van der Waals surface area contributed by atoms with Gasteiger partial charge in [0.2, 0.25) is 5.91 Å². The fourth-order valence-corrected chi connectivity index (χ4v) is 4.12. The van der Waals surface area contributed by atoms with Crippen LogP contribution in [0.3, 0.4) is 0 Å². The van der Waals surface area contributed by atoms with Crippen molar-refractivity contribution in [2.24, 2.45) is 5.73 Å². The van der Waals surface area contributed by atoms with E-state index in [0.717, 1.165) is 12.5 Å². The van der Waals surface area contributed by atoms with Gasteiger partial charge in [-0.1, -0.05) is 12.1 Å². The number of nitrogens with zero attached hydrogens (tertiary/aromatic N) is 1. The maximum Gasteiger partial charge on any atom is 0.387 e. The first-order chi connectivity index (χ1) is 14.1. The average molecular weight is 444 g/mol. The van der Waals surface area contributed by atoms with Crippen LogP contribution in [0.15, 0.2) is 18.2 Å². The Morgan fingerprint density at radius 3 is 2.60 bits per heavy atom. The highest BCUT2D eigenvalue weighted by Crippen LogP contribution is 2.28. The Morgan fingerprint density at radius 1 is 1.37 bits per heavy atom. The van der Waals surface area contributed by atoms with Gasteiger partial charge in [-0.05, 0) is 6.07 Å². The molecule has 0 bridgehead atoms. The van der Waals surface area contributed by atoms with E-state index in [0.29, 0.717) is 0 Å². The summed E-state index contributed by atoms with van der Waals surface area (Å²) in [7, 11) is -4.00. The number of carbonyl (C=O) groups is 2. The summed E-state index contributed by atoms with van der Waals surface area (Å²) < 4.78 is 59.7. The van der Waals surface area contributed by atoms with Crippen molar-refractivity contribution in [2.75, 3.05) is 19.0 Å². The first-order valence-electron chi connectivity index (χ1n) is 8.79. The third-order valence-electron chi connectivity index (χ3n) is 4.39. The SMILES string of the molecule is N#CC1(NC(=O)[CH]CS(=O)(=O)Cc2cccc(C(N)=O)c2OC(F)F)CCOCC1. The second-order valence-corrected chi connectivity index (χ2v) is 8.70. The van der Waals surface area contributed by atoms with Crippen LogP contribution in [0.1, 0.15) is 28.8 Å². The summed E-state index contributed by atoms with van der Waals surface area (Å²) in [6.45, 7) is -2.73. The summed E-state index contributed by atoms with van der Waals surface area (Å²) in [5, 5.41) is 11.8. The molecule has 0 saturated carbocycles. The molecule has 9 nitrogen and oxygen atoms in total. The number of amides is 2. The van der Waals surface area contributed by atoms with E-state index >= 15 is 0 Å². The van der Waals surface area contributed by atoms with Crippen molar-refractivity contribution in [3.05, 3.63) is 35.7 Å². The van der Waals surface area contributed by atoms with Crippen molar-refractivity contribution in [1.29, 1.82) is 5.26 Å². The molecule has 1 aromatic rings. The van der Waals surface area contributed by atoms with Gasteiger partial charge in [-0.3, -0.25) is 9.59 Å². The number of nitriles is 1. The Morgan fingerprint density at radius 2 is 2.03 bits per heavy atom. The van der Waals surface area contributed by atoms with Crippen LogP contribution in [0.4, 0.5) is 8.78 Å². The number of halogens is 2. The monoisotopic (exact) mass is 444 g/mol. The van der Waals surface area contributed by atoms with Crippen molar-refractivity contribution in [1.82, 2.24) is 5.32 Å². The normalized spacial score (nSPS) is 15.9. The molecule has 1 heterocycles. The van der Waals surface area contributed by atoms with Crippen LogP contribution in [0.5, 0.6) is 5.75 Å². The maximum atomic E-state index is 12.7. The molecule has 30 heavy (non-hydrogen) atoms. The highest BCUT2D eigenvalue weighted by atomic mass is 32.2. The molecule has 0 unspecified atom stereocenters. The van der Waals surface area contributed by atoms with Gasteiger partial charge in [-0.15, -0.1) is 0 Å². The van der Waals surface area contributed by atoms with Crippen molar-refractivity contribution >= 4 is 21.7 Å². The zero-order chi connectivity index (χ0) is 22.4. The zero-order valence-corrected chi connectivity index (χ0v) is 16.6. The van der Waals surface area contributed by atoms with Gasteiger partial charge in [0, 0.05) is 31.6 Å². The minimum absolute atomic E-state index is 0.196. The van der Waals surface area contributed by atoms with Crippen LogP contribution in [0.2, 0.25) is 0 Å².